The maximum atomic E-state index is 11.9. The Balaban J connectivity index is 2.75. The molecule has 1 aromatic heterocycles. The van der Waals surface area contributed by atoms with Crippen LogP contribution in [0.4, 0.5) is 5.82 Å². The molecule has 0 saturated carbocycles. The van der Waals surface area contributed by atoms with E-state index in [9.17, 15) is 4.79 Å². The third-order valence-corrected chi connectivity index (χ3v) is 2.58. The molecule has 0 radical (unpaired) electrons. The Morgan fingerprint density at radius 3 is 2.71 bits per heavy atom. The van der Waals surface area contributed by atoms with Gasteiger partial charge in [-0.3, -0.25) is 9.78 Å². The van der Waals surface area contributed by atoms with E-state index in [1.165, 1.54) is 12.4 Å². The molecule has 1 heterocycles. The molecule has 0 fully saturated rings. The van der Waals surface area contributed by atoms with E-state index < -0.39 is 0 Å². The maximum absolute atomic E-state index is 11.9. The number of nitrogen functional groups attached to an aromatic ring is 1. The first-order chi connectivity index (χ1) is 8.08. The van der Waals surface area contributed by atoms with Gasteiger partial charge in [-0.25, -0.2) is 10.8 Å². The van der Waals surface area contributed by atoms with Gasteiger partial charge >= 0.3 is 0 Å². The van der Waals surface area contributed by atoms with Crippen LogP contribution in [-0.2, 0) is 0 Å². The molecule has 1 unspecified atom stereocenters. The molecule has 1 rings (SSSR count). The second kappa shape index (κ2) is 6.15. The molecule has 6 heteroatoms. The van der Waals surface area contributed by atoms with E-state index in [0.29, 0.717) is 11.7 Å². The fourth-order valence-corrected chi connectivity index (χ4v) is 1.53. The average Bonchev–Trinajstić information content (AvgIpc) is 2.35. The highest BCUT2D eigenvalue weighted by Gasteiger charge is 2.16. The number of hydrazine groups is 1. The molecule has 0 saturated heterocycles. The summed E-state index contributed by atoms with van der Waals surface area (Å²) in [4.78, 5) is 19.8. The highest BCUT2D eigenvalue weighted by Crippen LogP contribution is 2.07. The van der Waals surface area contributed by atoms with Crippen LogP contribution in [0.5, 0.6) is 0 Å². The zero-order chi connectivity index (χ0) is 12.8. The number of anilines is 1. The van der Waals surface area contributed by atoms with Crippen LogP contribution in [0.2, 0.25) is 0 Å². The highest BCUT2D eigenvalue weighted by molar-refractivity contribution is 5.92. The van der Waals surface area contributed by atoms with Gasteiger partial charge in [-0.15, -0.1) is 0 Å². The van der Waals surface area contributed by atoms with Gasteiger partial charge in [-0.1, -0.05) is 20.8 Å². The fourth-order valence-electron chi connectivity index (χ4n) is 1.53. The van der Waals surface area contributed by atoms with Crippen LogP contribution in [0.3, 0.4) is 0 Å². The number of hydrogen-bond donors (Lipinski definition) is 3. The number of nitrogens with zero attached hydrogens (tertiary/aromatic N) is 2. The van der Waals surface area contributed by atoms with E-state index in [1.54, 1.807) is 0 Å². The summed E-state index contributed by atoms with van der Waals surface area (Å²) < 4.78 is 0. The second-order valence-corrected chi connectivity index (χ2v) is 4.17. The second-order valence-electron chi connectivity index (χ2n) is 4.17. The van der Waals surface area contributed by atoms with E-state index >= 15 is 0 Å². The standard InChI is InChI=1S/C11H19N5O/c1-4-8(7(2)3)15-11(17)9-5-13-6-10(14-9)16-12/h5-8H,4,12H2,1-3H3,(H,14,16)(H,15,17). The summed E-state index contributed by atoms with van der Waals surface area (Å²) in [6.07, 6.45) is 3.76. The fraction of sp³-hybridized carbons (Fsp3) is 0.545. The lowest BCUT2D eigenvalue weighted by Gasteiger charge is -2.20. The van der Waals surface area contributed by atoms with Crippen molar-refractivity contribution in [3.05, 3.63) is 18.1 Å². The van der Waals surface area contributed by atoms with Gasteiger partial charge in [0.15, 0.2) is 5.82 Å². The van der Waals surface area contributed by atoms with Crippen LogP contribution in [0.25, 0.3) is 0 Å². The Kier molecular flexibility index (Phi) is 4.84. The van der Waals surface area contributed by atoms with Gasteiger partial charge in [0.1, 0.15) is 5.69 Å². The van der Waals surface area contributed by atoms with Gasteiger partial charge in [0.2, 0.25) is 0 Å². The lowest BCUT2D eigenvalue weighted by Crippen LogP contribution is -2.38. The van der Waals surface area contributed by atoms with Crippen molar-refractivity contribution in [3.8, 4) is 0 Å². The topological polar surface area (TPSA) is 92.9 Å². The number of amides is 1. The van der Waals surface area contributed by atoms with Gasteiger partial charge in [-0.05, 0) is 12.3 Å². The molecule has 0 aliphatic carbocycles. The zero-order valence-electron chi connectivity index (χ0n) is 10.4. The molecule has 17 heavy (non-hydrogen) atoms. The monoisotopic (exact) mass is 237 g/mol. The van der Waals surface area contributed by atoms with Gasteiger partial charge < -0.3 is 10.7 Å². The summed E-state index contributed by atoms with van der Waals surface area (Å²) >= 11 is 0. The van der Waals surface area contributed by atoms with Crippen molar-refractivity contribution in [1.29, 1.82) is 0 Å². The molecule has 1 atom stereocenters. The maximum Gasteiger partial charge on any atom is 0.271 e. The minimum Gasteiger partial charge on any atom is -0.348 e. The van der Waals surface area contributed by atoms with Gasteiger partial charge in [0, 0.05) is 6.04 Å². The molecule has 0 aliphatic rings. The summed E-state index contributed by atoms with van der Waals surface area (Å²) in [5, 5.41) is 2.92. The number of nitrogens with one attached hydrogen (secondary N) is 2. The number of carbonyl (C=O) groups is 1. The summed E-state index contributed by atoms with van der Waals surface area (Å²) in [6, 6.07) is 0.138. The van der Waals surface area contributed by atoms with E-state index in [0.717, 1.165) is 6.42 Å². The molecule has 0 spiro atoms. The van der Waals surface area contributed by atoms with Crippen molar-refractivity contribution in [2.24, 2.45) is 11.8 Å². The molecule has 94 valence electrons. The van der Waals surface area contributed by atoms with E-state index in [-0.39, 0.29) is 17.6 Å². The van der Waals surface area contributed by atoms with Crippen LogP contribution in [0.1, 0.15) is 37.7 Å². The van der Waals surface area contributed by atoms with Crippen molar-refractivity contribution < 1.29 is 4.79 Å². The van der Waals surface area contributed by atoms with Crippen LogP contribution in [0.15, 0.2) is 12.4 Å². The zero-order valence-corrected chi connectivity index (χ0v) is 10.4. The van der Waals surface area contributed by atoms with Crippen molar-refractivity contribution >= 4 is 11.7 Å². The Morgan fingerprint density at radius 2 is 2.18 bits per heavy atom. The van der Waals surface area contributed by atoms with Crippen molar-refractivity contribution in [2.75, 3.05) is 5.43 Å². The first-order valence-electron chi connectivity index (χ1n) is 5.68. The molecule has 4 N–H and O–H groups in total. The van der Waals surface area contributed by atoms with E-state index in [4.69, 9.17) is 5.84 Å². The summed E-state index contributed by atoms with van der Waals surface area (Å²) in [5.74, 6) is 5.74. The molecule has 1 amide bonds. The van der Waals surface area contributed by atoms with Gasteiger partial charge in [0.05, 0.1) is 12.4 Å². The number of hydrogen-bond acceptors (Lipinski definition) is 5. The van der Waals surface area contributed by atoms with Crippen molar-refractivity contribution in [2.45, 2.75) is 33.2 Å². The van der Waals surface area contributed by atoms with Gasteiger partial charge in [-0.2, -0.15) is 0 Å². The number of carbonyl (C=O) groups excluding carboxylic acids is 1. The summed E-state index contributed by atoms with van der Waals surface area (Å²) in [5.41, 5.74) is 2.62. The minimum atomic E-state index is -0.227. The van der Waals surface area contributed by atoms with Crippen LogP contribution >= 0.6 is 0 Å². The Hall–Kier alpha value is -1.69. The van der Waals surface area contributed by atoms with Crippen LogP contribution in [0, 0.1) is 5.92 Å². The van der Waals surface area contributed by atoms with Crippen LogP contribution < -0.4 is 16.6 Å². The predicted molar refractivity (Wildman–Crippen MR) is 66.2 cm³/mol. The molecular formula is C11H19N5O. The Labute approximate surface area is 101 Å². The lowest BCUT2D eigenvalue weighted by atomic mass is 10.0. The molecule has 1 aromatic rings. The summed E-state index contributed by atoms with van der Waals surface area (Å²) in [6.45, 7) is 6.17. The first-order valence-corrected chi connectivity index (χ1v) is 5.68. The quantitative estimate of drug-likeness (QED) is 0.523. The molecule has 0 aromatic carbocycles. The SMILES string of the molecule is CCC(NC(=O)c1cncc(NN)n1)C(C)C. The van der Waals surface area contributed by atoms with Crippen molar-refractivity contribution in [3.63, 3.8) is 0 Å². The largest absolute Gasteiger partial charge is 0.348 e. The van der Waals surface area contributed by atoms with E-state index in [1.807, 2.05) is 6.92 Å². The molecule has 0 bridgehead atoms. The third-order valence-electron chi connectivity index (χ3n) is 2.58. The molecular weight excluding hydrogens is 218 g/mol. The average molecular weight is 237 g/mol. The van der Waals surface area contributed by atoms with Crippen LogP contribution in [-0.4, -0.2) is 21.9 Å². The molecule has 0 aliphatic heterocycles. The van der Waals surface area contributed by atoms with Crippen molar-refractivity contribution in [1.82, 2.24) is 15.3 Å². The number of aromatic nitrogens is 2. The van der Waals surface area contributed by atoms with E-state index in [2.05, 4.69) is 34.6 Å². The Bertz CT molecular complexity index is 380. The molecule has 6 nitrogen and oxygen atoms in total. The predicted octanol–water partition coefficient (Wildman–Crippen LogP) is 0.927. The first kappa shape index (κ1) is 13.4. The van der Waals surface area contributed by atoms with Gasteiger partial charge in [0.25, 0.3) is 5.91 Å². The lowest BCUT2D eigenvalue weighted by molar-refractivity contribution is 0.0919. The minimum absolute atomic E-state index is 0.138. The Morgan fingerprint density at radius 1 is 1.47 bits per heavy atom. The highest BCUT2D eigenvalue weighted by atomic mass is 16.1. The third kappa shape index (κ3) is 3.67. The summed E-state index contributed by atoms with van der Waals surface area (Å²) in [7, 11) is 0. The smallest absolute Gasteiger partial charge is 0.271 e. The number of nitrogens with two attached hydrogens (primary N) is 1. The normalized spacial score (nSPS) is 12.3. The number of rotatable bonds is 5.